The summed E-state index contributed by atoms with van der Waals surface area (Å²) in [6, 6.07) is 1.56. The van der Waals surface area contributed by atoms with Gasteiger partial charge in [0, 0.05) is 12.5 Å². The Labute approximate surface area is 75.7 Å². The summed E-state index contributed by atoms with van der Waals surface area (Å²) < 4.78 is 4.91. The molecule has 4 nitrogen and oxygen atoms in total. The molecule has 0 aromatic carbocycles. The third kappa shape index (κ3) is 2.32. The first kappa shape index (κ1) is 9.22. The average molecular weight is 188 g/mol. The molecule has 5 heteroatoms. The van der Waals surface area contributed by atoms with Gasteiger partial charge in [-0.05, 0) is 6.54 Å². The molecule has 0 fully saturated rings. The fourth-order valence-corrected chi connectivity index (χ4v) is 0.978. The van der Waals surface area contributed by atoms with Gasteiger partial charge in [0.1, 0.15) is 11.0 Å². The average Bonchev–Trinajstić information content (AvgIpc) is 2.04. The SMILES string of the molecule is COc1cc(Cl)nc(CCN)n1. The minimum Gasteiger partial charge on any atom is -0.481 e. The molecule has 1 aromatic heterocycles. The van der Waals surface area contributed by atoms with Crippen LogP contribution in [0.3, 0.4) is 0 Å². The summed E-state index contributed by atoms with van der Waals surface area (Å²) in [5.41, 5.74) is 5.34. The van der Waals surface area contributed by atoms with E-state index in [-0.39, 0.29) is 0 Å². The number of ether oxygens (including phenoxy) is 1. The molecule has 0 aliphatic carbocycles. The highest BCUT2D eigenvalue weighted by Gasteiger charge is 2.01. The van der Waals surface area contributed by atoms with Gasteiger partial charge < -0.3 is 10.5 Å². The first-order chi connectivity index (χ1) is 5.76. The molecule has 2 N–H and O–H groups in total. The largest absolute Gasteiger partial charge is 0.481 e. The number of rotatable bonds is 3. The zero-order valence-electron chi connectivity index (χ0n) is 6.75. The summed E-state index contributed by atoms with van der Waals surface area (Å²) >= 11 is 5.69. The van der Waals surface area contributed by atoms with Crippen molar-refractivity contribution in [1.29, 1.82) is 0 Å². The third-order valence-electron chi connectivity index (χ3n) is 1.29. The molecule has 0 saturated heterocycles. The van der Waals surface area contributed by atoms with Gasteiger partial charge in [0.15, 0.2) is 0 Å². The molecule has 12 heavy (non-hydrogen) atoms. The lowest BCUT2D eigenvalue weighted by molar-refractivity contribution is 0.395. The van der Waals surface area contributed by atoms with Gasteiger partial charge in [0.05, 0.1) is 7.11 Å². The van der Waals surface area contributed by atoms with Crippen molar-refractivity contribution in [1.82, 2.24) is 9.97 Å². The number of hydrogen-bond donors (Lipinski definition) is 1. The van der Waals surface area contributed by atoms with Crippen LogP contribution in [0.2, 0.25) is 5.15 Å². The van der Waals surface area contributed by atoms with E-state index in [1.807, 2.05) is 0 Å². The monoisotopic (exact) mass is 187 g/mol. The number of aromatic nitrogens is 2. The molecule has 0 atom stereocenters. The summed E-state index contributed by atoms with van der Waals surface area (Å²) in [5, 5.41) is 0.380. The summed E-state index contributed by atoms with van der Waals surface area (Å²) in [4.78, 5) is 8.01. The second-order valence-corrected chi connectivity index (χ2v) is 2.58. The van der Waals surface area contributed by atoms with Gasteiger partial charge in [-0.3, -0.25) is 0 Å². The summed E-state index contributed by atoms with van der Waals surface area (Å²) in [5.74, 6) is 1.08. The molecule has 0 spiro atoms. The van der Waals surface area contributed by atoms with E-state index in [2.05, 4.69) is 9.97 Å². The minimum atomic E-state index is 0.380. The van der Waals surface area contributed by atoms with Crippen LogP contribution in [-0.2, 0) is 6.42 Å². The van der Waals surface area contributed by atoms with E-state index in [9.17, 15) is 0 Å². The van der Waals surface area contributed by atoms with E-state index < -0.39 is 0 Å². The first-order valence-corrected chi connectivity index (χ1v) is 3.91. The van der Waals surface area contributed by atoms with Crippen LogP contribution in [0.15, 0.2) is 6.07 Å². The molecule has 1 aromatic rings. The van der Waals surface area contributed by atoms with Crippen molar-refractivity contribution < 1.29 is 4.74 Å². The van der Waals surface area contributed by atoms with Crippen LogP contribution < -0.4 is 10.5 Å². The molecule has 0 amide bonds. The number of halogens is 1. The van der Waals surface area contributed by atoms with Crippen molar-refractivity contribution in [2.24, 2.45) is 5.73 Å². The Morgan fingerprint density at radius 3 is 2.92 bits per heavy atom. The van der Waals surface area contributed by atoms with Gasteiger partial charge in [-0.25, -0.2) is 4.98 Å². The minimum absolute atomic E-state index is 0.380. The van der Waals surface area contributed by atoms with Gasteiger partial charge in [-0.15, -0.1) is 0 Å². The lowest BCUT2D eigenvalue weighted by atomic mass is 10.4. The number of hydrogen-bond acceptors (Lipinski definition) is 4. The van der Waals surface area contributed by atoms with E-state index >= 15 is 0 Å². The summed E-state index contributed by atoms with van der Waals surface area (Å²) in [7, 11) is 1.53. The van der Waals surface area contributed by atoms with E-state index in [1.165, 1.54) is 7.11 Å². The molecule has 1 rings (SSSR count). The van der Waals surface area contributed by atoms with Crippen LogP contribution in [-0.4, -0.2) is 23.6 Å². The lowest BCUT2D eigenvalue weighted by Crippen LogP contribution is -2.07. The third-order valence-corrected chi connectivity index (χ3v) is 1.49. The first-order valence-electron chi connectivity index (χ1n) is 3.53. The zero-order valence-corrected chi connectivity index (χ0v) is 7.51. The molecule has 66 valence electrons. The maximum Gasteiger partial charge on any atom is 0.217 e. The second kappa shape index (κ2) is 4.23. The summed E-state index contributed by atoms with van der Waals surface area (Å²) in [6.07, 6.45) is 0.608. The number of methoxy groups -OCH3 is 1. The molecule has 0 aliphatic heterocycles. The van der Waals surface area contributed by atoms with Gasteiger partial charge in [0.25, 0.3) is 0 Å². The Bertz CT molecular complexity index is 267. The fourth-order valence-electron chi connectivity index (χ4n) is 0.787. The van der Waals surface area contributed by atoms with Crippen molar-refractivity contribution in [3.05, 3.63) is 17.0 Å². The molecule has 0 radical (unpaired) electrons. The van der Waals surface area contributed by atoms with Crippen LogP contribution in [0.4, 0.5) is 0 Å². The van der Waals surface area contributed by atoms with Crippen molar-refractivity contribution >= 4 is 11.6 Å². The van der Waals surface area contributed by atoms with E-state index in [4.69, 9.17) is 22.1 Å². The van der Waals surface area contributed by atoms with Crippen LogP contribution in [0.25, 0.3) is 0 Å². The highest BCUT2D eigenvalue weighted by atomic mass is 35.5. The predicted molar refractivity (Wildman–Crippen MR) is 46.4 cm³/mol. The van der Waals surface area contributed by atoms with Crippen LogP contribution >= 0.6 is 11.6 Å². The fraction of sp³-hybridized carbons (Fsp3) is 0.429. The maximum atomic E-state index is 5.69. The molecule has 1 heterocycles. The quantitative estimate of drug-likeness (QED) is 0.706. The van der Waals surface area contributed by atoms with Crippen LogP contribution in [0.5, 0.6) is 5.88 Å². The highest BCUT2D eigenvalue weighted by Crippen LogP contribution is 2.12. The standard InChI is InChI=1S/C7H10ClN3O/c1-12-7-4-5(8)10-6(11-7)2-3-9/h4H,2-3,9H2,1H3. The second-order valence-electron chi connectivity index (χ2n) is 2.19. The Morgan fingerprint density at radius 2 is 2.33 bits per heavy atom. The Kier molecular flexibility index (Phi) is 3.25. The Hall–Kier alpha value is -0.870. The number of nitrogens with two attached hydrogens (primary N) is 1. The van der Waals surface area contributed by atoms with Crippen molar-refractivity contribution in [3.8, 4) is 5.88 Å². The van der Waals surface area contributed by atoms with Crippen molar-refractivity contribution in [3.63, 3.8) is 0 Å². The van der Waals surface area contributed by atoms with E-state index in [1.54, 1.807) is 6.07 Å². The zero-order chi connectivity index (χ0) is 8.97. The molecular weight excluding hydrogens is 178 g/mol. The van der Waals surface area contributed by atoms with Gasteiger partial charge in [-0.2, -0.15) is 4.98 Å². The van der Waals surface area contributed by atoms with Crippen LogP contribution in [0, 0.1) is 0 Å². The van der Waals surface area contributed by atoms with Gasteiger partial charge in [-0.1, -0.05) is 11.6 Å². The molecule has 0 aliphatic rings. The van der Waals surface area contributed by atoms with E-state index in [0.717, 1.165) is 0 Å². The Balaban J connectivity index is 2.90. The maximum absolute atomic E-state index is 5.69. The molecule has 0 unspecified atom stereocenters. The topological polar surface area (TPSA) is 61.0 Å². The molecular formula is C7H10ClN3O. The summed E-state index contributed by atoms with van der Waals surface area (Å²) in [6.45, 7) is 0.503. The van der Waals surface area contributed by atoms with Crippen molar-refractivity contribution in [2.45, 2.75) is 6.42 Å². The normalized spacial score (nSPS) is 9.92. The number of nitrogens with zero attached hydrogens (tertiary/aromatic N) is 2. The van der Waals surface area contributed by atoms with E-state index in [0.29, 0.717) is 29.8 Å². The van der Waals surface area contributed by atoms with Crippen LogP contribution in [0.1, 0.15) is 5.82 Å². The lowest BCUT2D eigenvalue weighted by Gasteiger charge is -2.01. The molecule has 0 saturated carbocycles. The Morgan fingerprint density at radius 1 is 1.58 bits per heavy atom. The molecule has 0 bridgehead atoms. The smallest absolute Gasteiger partial charge is 0.217 e. The predicted octanol–water partition coefficient (Wildman–Crippen LogP) is 0.640. The highest BCUT2D eigenvalue weighted by molar-refractivity contribution is 6.29. The van der Waals surface area contributed by atoms with Crippen molar-refractivity contribution in [2.75, 3.05) is 13.7 Å². The van der Waals surface area contributed by atoms with Gasteiger partial charge >= 0.3 is 0 Å². The van der Waals surface area contributed by atoms with Gasteiger partial charge in [0.2, 0.25) is 5.88 Å².